The number of rotatable bonds is 4. The van der Waals surface area contributed by atoms with Crippen LogP contribution in [0.25, 0.3) is 0 Å². The summed E-state index contributed by atoms with van der Waals surface area (Å²) < 4.78 is 0. The van der Waals surface area contributed by atoms with Crippen LogP contribution in [0.4, 0.5) is 0 Å². The van der Waals surface area contributed by atoms with Crippen molar-refractivity contribution in [2.75, 3.05) is 23.0 Å². The third kappa shape index (κ3) is 7.25. The molecule has 116 valence electrons. The molecule has 0 aliphatic heterocycles. The Balaban J connectivity index is 0. The zero-order chi connectivity index (χ0) is 15.0. The minimum atomic E-state index is 0. The molecule has 1 aromatic carbocycles. The maximum absolute atomic E-state index is 4.71. The fourth-order valence-electron chi connectivity index (χ4n) is 1.91. The summed E-state index contributed by atoms with van der Waals surface area (Å²) in [5, 5.41) is 0. The Kier molecular flexibility index (Phi) is 14.4. The van der Waals surface area contributed by atoms with Crippen LogP contribution in [-0.2, 0) is 44.7 Å². The third-order valence-electron chi connectivity index (χ3n) is 3.83. The molecular formula is C16H26RuS3. The molecule has 0 spiro atoms. The van der Waals surface area contributed by atoms with Crippen LogP contribution in [0.5, 0.6) is 0 Å². The molecular weight excluding hydrogens is 389 g/mol. The van der Waals surface area contributed by atoms with E-state index in [9.17, 15) is 0 Å². The van der Waals surface area contributed by atoms with Gasteiger partial charge in [0.15, 0.2) is 0 Å². The van der Waals surface area contributed by atoms with E-state index in [1.807, 2.05) is 11.8 Å². The Hall–Kier alpha value is 0.893. The summed E-state index contributed by atoms with van der Waals surface area (Å²) in [7, 11) is 0. The average molecular weight is 416 g/mol. The van der Waals surface area contributed by atoms with E-state index in [4.69, 9.17) is 25.3 Å². The predicted molar refractivity (Wildman–Crippen MR) is 96.7 cm³/mol. The van der Waals surface area contributed by atoms with Gasteiger partial charge in [0.25, 0.3) is 0 Å². The van der Waals surface area contributed by atoms with Gasteiger partial charge in [-0.25, -0.2) is 0 Å². The first-order valence-electron chi connectivity index (χ1n) is 6.65. The summed E-state index contributed by atoms with van der Waals surface area (Å²) in [5.41, 5.74) is 8.73. The first kappa shape index (κ1) is 23.2. The van der Waals surface area contributed by atoms with E-state index < -0.39 is 0 Å². The van der Waals surface area contributed by atoms with Crippen molar-refractivity contribution in [2.24, 2.45) is 0 Å². The molecule has 0 bridgehead atoms. The second-order valence-electron chi connectivity index (χ2n) is 4.77. The van der Waals surface area contributed by atoms with Crippen LogP contribution in [0.3, 0.4) is 0 Å². The largest absolute Gasteiger partial charge is 2.00 e. The van der Waals surface area contributed by atoms with Crippen LogP contribution in [0.1, 0.15) is 33.4 Å². The number of hydrogen-bond donors (Lipinski definition) is 0. The van der Waals surface area contributed by atoms with Crippen molar-refractivity contribution in [3.63, 3.8) is 0 Å². The number of hydrogen-bond acceptors (Lipinski definition) is 3. The van der Waals surface area contributed by atoms with Crippen molar-refractivity contribution in [1.82, 2.24) is 0 Å². The van der Waals surface area contributed by atoms with Crippen LogP contribution in [0.15, 0.2) is 0 Å². The van der Waals surface area contributed by atoms with Gasteiger partial charge in [-0.05, 0) is 86.4 Å². The summed E-state index contributed by atoms with van der Waals surface area (Å²) in [6, 6.07) is 0. The van der Waals surface area contributed by atoms with E-state index in [0.717, 1.165) is 23.0 Å². The molecule has 0 amide bonds. The van der Waals surface area contributed by atoms with E-state index in [1.54, 1.807) is 0 Å². The second kappa shape index (κ2) is 12.4. The molecule has 0 N–H and O–H groups in total. The Morgan fingerprint density at radius 3 is 0.950 bits per heavy atom. The Labute approximate surface area is 153 Å². The topological polar surface area (TPSA) is 0 Å². The van der Waals surface area contributed by atoms with Crippen LogP contribution in [0.2, 0.25) is 0 Å². The summed E-state index contributed by atoms with van der Waals surface area (Å²) in [4.78, 5) is 0. The molecule has 0 atom stereocenters. The summed E-state index contributed by atoms with van der Waals surface area (Å²) in [6.07, 6.45) is 0. The molecule has 0 unspecified atom stereocenters. The van der Waals surface area contributed by atoms with Crippen molar-refractivity contribution in [1.29, 1.82) is 0 Å². The summed E-state index contributed by atoms with van der Waals surface area (Å²) in [5.74, 6) is 3.90. The van der Waals surface area contributed by atoms with Gasteiger partial charge < -0.3 is 25.3 Å². The summed E-state index contributed by atoms with van der Waals surface area (Å²) in [6.45, 7) is 13.3. The maximum Gasteiger partial charge on any atom is 2.00 e. The third-order valence-corrected chi connectivity index (χ3v) is 5.74. The Bertz CT molecular complexity index is 294. The van der Waals surface area contributed by atoms with Crippen LogP contribution in [-0.4, -0.2) is 23.0 Å². The minimum Gasteiger partial charge on any atom is -0.792 e. The van der Waals surface area contributed by atoms with Crippen molar-refractivity contribution < 1.29 is 19.5 Å². The Morgan fingerprint density at radius 2 is 0.800 bits per heavy atom. The molecule has 0 saturated heterocycles. The molecule has 0 aliphatic rings. The fourth-order valence-corrected chi connectivity index (χ4v) is 3.05. The smallest absolute Gasteiger partial charge is 0.792 e. The molecule has 0 aliphatic carbocycles. The van der Waals surface area contributed by atoms with E-state index >= 15 is 0 Å². The zero-order valence-electron chi connectivity index (χ0n) is 13.4. The maximum atomic E-state index is 4.71. The first-order valence-corrected chi connectivity index (χ1v) is 8.96. The minimum absolute atomic E-state index is 0. The molecule has 0 aromatic heterocycles. The van der Waals surface area contributed by atoms with Gasteiger partial charge in [-0.1, -0.05) is 0 Å². The molecule has 1 aromatic rings. The molecule has 1 rings (SSSR count). The standard InChI is InChI=1S/C12H18.C4H10S3.Ru/c1-7-8(2)10(4)12(6)11(5)9(7)3;5-1-3-7-4-2-6;/h1-6H3;5-6H,1-4H2;/q;;+2/p-2. The van der Waals surface area contributed by atoms with Crippen molar-refractivity contribution in [3.05, 3.63) is 33.4 Å². The van der Waals surface area contributed by atoms with Crippen LogP contribution >= 0.6 is 11.8 Å². The molecule has 0 radical (unpaired) electrons. The van der Waals surface area contributed by atoms with Gasteiger partial charge in [-0.2, -0.15) is 23.3 Å². The van der Waals surface area contributed by atoms with E-state index in [2.05, 4.69) is 41.5 Å². The quantitative estimate of drug-likeness (QED) is 0.408. The van der Waals surface area contributed by atoms with Crippen LogP contribution in [0, 0.1) is 41.5 Å². The molecule has 20 heavy (non-hydrogen) atoms. The zero-order valence-corrected chi connectivity index (χ0v) is 17.6. The van der Waals surface area contributed by atoms with Gasteiger partial charge in [0.1, 0.15) is 0 Å². The van der Waals surface area contributed by atoms with E-state index in [0.29, 0.717) is 0 Å². The number of thioether (sulfide) groups is 1. The summed E-state index contributed by atoms with van der Waals surface area (Å²) >= 11 is 11.3. The number of benzene rings is 1. The first-order chi connectivity index (χ1) is 8.88. The molecule has 0 nitrogen and oxygen atoms in total. The van der Waals surface area contributed by atoms with Crippen LogP contribution < -0.4 is 0 Å². The van der Waals surface area contributed by atoms with Crippen molar-refractivity contribution in [2.45, 2.75) is 41.5 Å². The van der Waals surface area contributed by atoms with Gasteiger partial charge in [0, 0.05) is 0 Å². The second-order valence-corrected chi connectivity index (χ2v) is 6.81. The molecule has 0 fully saturated rings. The van der Waals surface area contributed by atoms with Crippen molar-refractivity contribution >= 4 is 37.0 Å². The van der Waals surface area contributed by atoms with Crippen molar-refractivity contribution in [3.8, 4) is 0 Å². The van der Waals surface area contributed by atoms with Gasteiger partial charge in [-0.15, -0.1) is 0 Å². The van der Waals surface area contributed by atoms with Gasteiger partial charge in [-0.3, -0.25) is 0 Å². The van der Waals surface area contributed by atoms with Gasteiger partial charge >= 0.3 is 19.5 Å². The van der Waals surface area contributed by atoms with E-state index in [-0.39, 0.29) is 19.5 Å². The average Bonchev–Trinajstić information content (AvgIpc) is 2.42. The molecule has 0 heterocycles. The normalized spacial score (nSPS) is 9.60. The molecule has 0 saturated carbocycles. The monoisotopic (exact) mass is 416 g/mol. The van der Waals surface area contributed by atoms with Gasteiger partial charge in [0.05, 0.1) is 0 Å². The predicted octanol–water partition coefficient (Wildman–Crippen LogP) is 4.35. The fraction of sp³-hybridized carbons (Fsp3) is 0.625. The van der Waals surface area contributed by atoms with Gasteiger partial charge in [0.2, 0.25) is 0 Å². The molecule has 4 heteroatoms. The SMILES string of the molecule is Cc1c(C)c(C)c(C)c(C)c1C.[Ru+2].[S-]CCSCC[S-]. The van der Waals surface area contributed by atoms with E-state index in [1.165, 1.54) is 33.4 Å². The Morgan fingerprint density at radius 1 is 0.600 bits per heavy atom.